The lowest BCUT2D eigenvalue weighted by molar-refractivity contribution is 0.0477. The van der Waals surface area contributed by atoms with E-state index in [1.54, 1.807) is 0 Å². The molecule has 114 valence electrons. The maximum absolute atomic E-state index is 5.74. The number of nitrogens with one attached hydrogen (secondary N) is 1. The normalized spacial score (nSPS) is 24.8. The van der Waals surface area contributed by atoms with Crippen molar-refractivity contribution in [1.82, 2.24) is 15.5 Å². The average Bonchev–Trinajstić information content (AvgIpc) is 2.98. The standard InChI is InChI=1S/C15H27N3O2/c1-4-8-12(19-6-3)13-17-14(20-18-13)15(5-2)9-7-10-16-11-15/h12,16H,4-11H2,1-3H3. The zero-order valence-electron chi connectivity index (χ0n) is 12.9. The van der Waals surface area contributed by atoms with E-state index in [9.17, 15) is 0 Å². The molecule has 0 bridgehead atoms. The van der Waals surface area contributed by atoms with Gasteiger partial charge in [0.05, 0.1) is 5.41 Å². The van der Waals surface area contributed by atoms with Crippen LogP contribution in [0.1, 0.15) is 70.7 Å². The van der Waals surface area contributed by atoms with E-state index >= 15 is 0 Å². The van der Waals surface area contributed by atoms with E-state index in [4.69, 9.17) is 9.26 Å². The summed E-state index contributed by atoms with van der Waals surface area (Å²) >= 11 is 0. The molecule has 20 heavy (non-hydrogen) atoms. The molecule has 2 unspecified atom stereocenters. The van der Waals surface area contributed by atoms with E-state index in [1.807, 2.05) is 6.92 Å². The summed E-state index contributed by atoms with van der Waals surface area (Å²) in [6.07, 6.45) is 5.25. The molecule has 5 heteroatoms. The van der Waals surface area contributed by atoms with Gasteiger partial charge in [-0.1, -0.05) is 25.4 Å². The molecule has 1 aromatic heterocycles. The summed E-state index contributed by atoms with van der Waals surface area (Å²) in [6.45, 7) is 9.03. The summed E-state index contributed by atoms with van der Waals surface area (Å²) in [5.41, 5.74) is 0.00643. The Bertz CT molecular complexity index is 394. The van der Waals surface area contributed by atoms with Crippen LogP contribution in [0.25, 0.3) is 0 Å². The molecule has 0 aromatic carbocycles. The quantitative estimate of drug-likeness (QED) is 0.832. The third kappa shape index (κ3) is 3.20. The van der Waals surface area contributed by atoms with Crippen molar-refractivity contribution in [2.24, 2.45) is 0 Å². The molecular weight excluding hydrogens is 254 g/mol. The minimum absolute atomic E-state index is 0.00643. The summed E-state index contributed by atoms with van der Waals surface area (Å²) in [6, 6.07) is 0. The number of aromatic nitrogens is 2. The summed E-state index contributed by atoms with van der Waals surface area (Å²) in [4.78, 5) is 4.67. The Morgan fingerprint density at radius 1 is 1.40 bits per heavy atom. The van der Waals surface area contributed by atoms with E-state index in [0.29, 0.717) is 12.4 Å². The molecule has 1 aliphatic heterocycles. The lowest BCUT2D eigenvalue weighted by atomic mass is 9.78. The fraction of sp³-hybridized carbons (Fsp3) is 0.867. The molecular formula is C15H27N3O2. The molecule has 1 aliphatic rings. The van der Waals surface area contributed by atoms with Gasteiger partial charge in [0, 0.05) is 13.2 Å². The Hall–Kier alpha value is -0.940. The van der Waals surface area contributed by atoms with E-state index < -0.39 is 0 Å². The Kier molecular flexibility index (Phi) is 5.54. The number of hydrogen-bond donors (Lipinski definition) is 1. The highest BCUT2D eigenvalue weighted by Gasteiger charge is 2.38. The molecule has 0 radical (unpaired) electrons. The van der Waals surface area contributed by atoms with E-state index in [0.717, 1.165) is 51.1 Å². The Balaban J connectivity index is 2.17. The van der Waals surface area contributed by atoms with Crippen LogP contribution in [-0.4, -0.2) is 29.8 Å². The predicted octanol–water partition coefficient (Wildman–Crippen LogP) is 2.98. The molecule has 1 fully saturated rings. The number of hydrogen-bond acceptors (Lipinski definition) is 5. The van der Waals surface area contributed by atoms with Crippen LogP contribution in [0.3, 0.4) is 0 Å². The van der Waals surface area contributed by atoms with Crippen molar-refractivity contribution in [3.63, 3.8) is 0 Å². The highest BCUT2D eigenvalue weighted by atomic mass is 16.5. The van der Waals surface area contributed by atoms with Gasteiger partial charge < -0.3 is 14.6 Å². The van der Waals surface area contributed by atoms with E-state index in [1.165, 1.54) is 0 Å². The van der Waals surface area contributed by atoms with Crippen molar-refractivity contribution < 1.29 is 9.26 Å². The van der Waals surface area contributed by atoms with Gasteiger partial charge in [0.1, 0.15) is 6.10 Å². The highest BCUT2D eigenvalue weighted by molar-refractivity contribution is 5.09. The third-order valence-electron chi connectivity index (χ3n) is 4.25. The van der Waals surface area contributed by atoms with Gasteiger partial charge in [-0.25, -0.2) is 0 Å². The predicted molar refractivity (Wildman–Crippen MR) is 77.6 cm³/mol. The number of ether oxygens (including phenoxy) is 1. The van der Waals surface area contributed by atoms with Gasteiger partial charge in [0.15, 0.2) is 0 Å². The monoisotopic (exact) mass is 281 g/mol. The summed E-state index contributed by atoms with van der Waals surface area (Å²) < 4.78 is 11.3. The maximum Gasteiger partial charge on any atom is 0.234 e. The lowest BCUT2D eigenvalue weighted by Gasteiger charge is -2.33. The van der Waals surface area contributed by atoms with Gasteiger partial charge in [-0.15, -0.1) is 0 Å². The maximum atomic E-state index is 5.74. The first-order valence-corrected chi connectivity index (χ1v) is 7.92. The van der Waals surface area contributed by atoms with Gasteiger partial charge in [-0.05, 0) is 39.2 Å². The fourth-order valence-corrected chi connectivity index (χ4v) is 2.93. The Morgan fingerprint density at radius 2 is 2.25 bits per heavy atom. The van der Waals surface area contributed by atoms with Crippen molar-refractivity contribution in [1.29, 1.82) is 0 Å². The molecule has 2 heterocycles. The zero-order valence-corrected chi connectivity index (χ0v) is 12.9. The van der Waals surface area contributed by atoms with Crippen LogP contribution in [0.15, 0.2) is 4.52 Å². The first-order chi connectivity index (χ1) is 9.75. The first kappa shape index (κ1) is 15.4. The Labute approximate surface area is 121 Å². The van der Waals surface area contributed by atoms with E-state index in [-0.39, 0.29) is 11.5 Å². The van der Waals surface area contributed by atoms with Crippen LogP contribution < -0.4 is 5.32 Å². The number of nitrogens with zero attached hydrogens (tertiary/aromatic N) is 2. The third-order valence-corrected chi connectivity index (χ3v) is 4.25. The molecule has 0 spiro atoms. The van der Waals surface area contributed by atoms with Crippen LogP contribution in [0.2, 0.25) is 0 Å². The summed E-state index contributed by atoms with van der Waals surface area (Å²) in [7, 11) is 0. The van der Waals surface area contributed by atoms with Crippen LogP contribution in [0.4, 0.5) is 0 Å². The second-order valence-corrected chi connectivity index (χ2v) is 5.60. The smallest absolute Gasteiger partial charge is 0.234 e. The minimum atomic E-state index is -0.0343. The topological polar surface area (TPSA) is 60.2 Å². The van der Waals surface area contributed by atoms with Crippen molar-refractivity contribution in [2.75, 3.05) is 19.7 Å². The summed E-state index contributed by atoms with van der Waals surface area (Å²) in [5.74, 6) is 1.49. The van der Waals surface area contributed by atoms with Crippen LogP contribution in [0, 0.1) is 0 Å². The molecule has 0 saturated carbocycles. The van der Waals surface area contributed by atoms with Gasteiger partial charge in [0.25, 0.3) is 0 Å². The molecule has 0 amide bonds. The molecule has 2 rings (SSSR count). The molecule has 0 aliphatic carbocycles. The van der Waals surface area contributed by atoms with Crippen LogP contribution in [0.5, 0.6) is 0 Å². The molecule has 5 nitrogen and oxygen atoms in total. The minimum Gasteiger partial charge on any atom is -0.370 e. The zero-order chi connectivity index (χ0) is 14.4. The van der Waals surface area contributed by atoms with E-state index in [2.05, 4.69) is 29.3 Å². The van der Waals surface area contributed by atoms with Crippen LogP contribution >= 0.6 is 0 Å². The summed E-state index contributed by atoms with van der Waals surface area (Å²) in [5, 5.41) is 7.64. The largest absolute Gasteiger partial charge is 0.370 e. The molecule has 1 N–H and O–H groups in total. The van der Waals surface area contributed by atoms with Crippen molar-refractivity contribution in [2.45, 2.75) is 64.4 Å². The van der Waals surface area contributed by atoms with Crippen molar-refractivity contribution in [3.8, 4) is 0 Å². The van der Waals surface area contributed by atoms with Crippen molar-refractivity contribution >= 4 is 0 Å². The van der Waals surface area contributed by atoms with Crippen molar-refractivity contribution in [3.05, 3.63) is 11.7 Å². The Morgan fingerprint density at radius 3 is 2.85 bits per heavy atom. The second-order valence-electron chi connectivity index (χ2n) is 5.60. The van der Waals surface area contributed by atoms with Gasteiger partial charge in [-0.3, -0.25) is 0 Å². The molecule has 1 saturated heterocycles. The van der Waals surface area contributed by atoms with Gasteiger partial charge >= 0.3 is 0 Å². The first-order valence-electron chi connectivity index (χ1n) is 7.92. The highest BCUT2D eigenvalue weighted by Crippen LogP contribution is 2.34. The number of rotatable bonds is 7. The van der Waals surface area contributed by atoms with Gasteiger partial charge in [0.2, 0.25) is 11.7 Å². The van der Waals surface area contributed by atoms with Gasteiger partial charge in [-0.2, -0.15) is 4.98 Å². The fourth-order valence-electron chi connectivity index (χ4n) is 2.93. The molecule has 1 aromatic rings. The lowest BCUT2D eigenvalue weighted by Crippen LogP contribution is -2.43. The number of piperidine rings is 1. The average molecular weight is 281 g/mol. The molecule has 2 atom stereocenters. The SMILES string of the molecule is CCCC(OCC)c1noc(C2(CC)CCCNC2)n1. The second kappa shape index (κ2) is 7.18. The van der Waals surface area contributed by atoms with Crippen LogP contribution in [-0.2, 0) is 10.2 Å².